The molecule has 0 spiro atoms. The molecule has 0 aliphatic rings. The Hall–Kier alpha value is -2.29. The van der Waals surface area contributed by atoms with Crippen LogP contribution in [0.2, 0.25) is 0 Å². The summed E-state index contributed by atoms with van der Waals surface area (Å²) in [6.45, 7) is 0.0963. The summed E-state index contributed by atoms with van der Waals surface area (Å²) in [6, 6.07) is 3.47. The molecule has 1 heterocycles. The van der Waals surface area contributed by atoms with Crippen molar-refractivity contribution >= 4 is 17.4 Å². The highest BCUT2D eigenvalue weighted by molar-refractivity contribution is 5.81. The van der Waals surface area contributed by atoms with Crippen molar-refractivity contribution in [1.29, 1.82) is 5.26 Å². The number of anilines is 2. The van der Waals surface area contributed by atoms with E-state index in [1.165, 1.54) is 17.2 Å². The van der Waals surface area contributed by atoms with E-state index >= 15 is 0 Å². The lowest BCUT2D eigenvalue weighted by molar-refractivity contribution is -0.126. The zero-order chi connectivity index (χ0) is 12.1. The first-order valence-electron chi connectivity index (χ1n) is 4.65. The highest BCUT2D eigenvalue weighted by atomic mass is 16.2. The highest BCUT2D eigenvalue weighted by Crippen LogP contribution is 2.18. The minimum absolute atomic E-state index is 0.0939. The van der Waals surface area contributed by atoms with Crippen LogP contribution >= 0.6 is 0 Å². The van der Waals surface area contributed by atoms with Crippen molar-refractivity contribution in [2.45, 2.75) is 0 Å². The molecular weight excluding hydrogens is 206 g/mol. The third-order valence-corrected chi connectivity index (χ3v) is 2.02. The van der Waals surface area contributed by atoms with Crippen molar-refractivity contribution in [3.63, 3.8) is 0 Å². The number of nitrogens with one attached hydrogen (secondary N) is 1. The van der Waals surface area contributed by atoms with Crippen LogP contribution in [-0.2, 0) is 4.79 Å². The topological polar surface area (TPSA) is 95.0 Å². The predicted octanol–water partition coefficient (Wildman–Crippen LogP) is 0.0356. The summed E-state index contributed by atoms with van der Waals surface area (Å²) in [7, 11) is 3.32. The molecule has 6 heteroatoms. The van der Waals surface area contributed by atoms with E-state index in [4.69, 9.17) is 11.0 Å². The van der Waals surface area contributed by atoms with Crippen molar-refractivity contribution < 1.29 is 4.79 Å². The molecule has 0 radical (unpaired) electrons. The number of nitriles is 1. The third-order valence-electron chi connectivity index (χ3n) is 2.02. The molecule has 3 N–H and O–H groups in total. The number of pyridine rings is 1. The van der Waals surface area contributed by atoms with E-state index in [-0.39, 0.29) is 18.1 Å². The minimum Gasteiger partial charge on any atom is -0.395 e. The number of carbonyl (C=O) groups is 1. The molecule has 1 aromatic heterocycles. The number of nitrogens with two attached hydrogens (primary N) is 1. The molecule has 6 nitrogen and oxygen atoms in total. The largest absolute Gasteiger partial charge is 0.395 e. The van der Waals surface area contributed by atoms with Crippen LogP contribution in [0.3, 0.4) is 0 Å². The standard InChI is InChI=1S/C10H13N5O/c1-15(2)8(16)6-14-10-9(12)7(5-11)3-4-13-10/h3-4H,6,12H2,1-2H3,(H,13,14). The summed E-state index contributed by atoms with van der Waals surface area (Å²) in [5.41, 5.74) is 6.29. The van der Waals surface area contributed by atoms with Gasteiger partial charge in [0, 0.05) is 20.3 Å². The first-order chi connectivity index (χ1) is 7.56. The predicted molar refractivity (Wildman–Crippen MR) is 60.5 cm³/mol. The van der Waals surface area contributed by atoms with Crippen LogP contribution in [0, 0.1) is 11.3 Å². The van der Waals surface area contributed by atoms with Crippen molar-refractivity contribution in [2.24, 2.45) is 0 Å². The first kappa shape index (κ1) is 11.8. The van der Waals surface area contributed by atoms with Crippen LogP contribution in [-0.4, -0.2) is 36.4 Å². The van der Waals surface area contributed by atoms with Gasteiger partial charge in [0.15, 0.2) is 5.82 Å². The van der Waals surface area contributed by atoms with E-state index in [1.54, 1.807) is 14.1 Å². The quantitative estimate of drug-likeness (QED) is 0.748. The molecular formula is C10H13N5O. The Morgan fingerprint density at radius 2 is 2.38 bits per heavy atom. The van der Waals surface area contributed by atoms with E-state index in [9.17, 15) is 4.79 Å². The second kappa shape index (κ2) is 4.98. The first-order valence-corrected chi connectivity index (χ1v) is 4.65. The number of amides is 1. The van der Waals surface area contributed by atoms with Gasteiger partial charge in [-0.25, -0.2) is 4.98 Å². The molecule has 0 aromatic carbocycles. The molecule has 0 bridgehead atoms. The van der Waals surface area contributed by atoms with E-state index in [0.29, 0.717) is 11.4 Å². The lowest BCUT2D eigenvalue weighted by Crippen LogP contribution is -2.29. The maximum Gasteiger partial charge on any atom is 0.241 e. The Labute approximate surface area is 93.7 Å². The maximum atomic E-state index is 11.3. The fourth-order valence-electron chi connectivity index (χ4n) is 1.03. The number of carbonyl (C=O) groups excluding carboxylic acids is 1. The van der Waals surface area contributed by atoms with Gasteiger partial charge in [0.2, 0.25) is 5.91 Å². The lowest BCUT2D eigenvalue weighted by atomic mass is 10.2. The molecule has 0 fully saturated rings. The average molecular weight is 219 g/mol. The van der Waals surface area contributed by atoms with Crippen LogP contribution in [0.5, 0.6) is 0 Å². The smallest absolute Gasteiger partial charge is 0.241 e. The Kier molecular flexibility index (Phi) is 3.67. The van der Waals surface area contributed by atoms with Crippen LogP contribution in [0.15, 0.2) is 12.3 Å². The molecule has 1 rings (SSSR count). The molecule has 16 heavy (non-hydrogen) atoms. The Morgan fingerprint density at radius 3 is 2.94 bits per heavy atom. The summed E-state index contributed by atoms with van der Waals surface area (Å²) in [5.74, 6) is 0.262. The van der Waals surface area contributed by atoms with E-state index in [1.807, 2.05) is 6.07 Å². The summed E-state index contributed by atoms with van der Waals surface area (Å²) in [4.78, 5) is 16.7. The van der Waals surface area contributed by atoms with Crippen LogP contribution in [0.25, 0.3) is 0 Å². The SMILES string of the molecule is CN(C)C(=O)CNc1nccc(C#N)c1N. The number of hydrogen-bond acceptors (Lipinski definition) is 5. The second-order valence-electron chi connectivity index (χ2n) is 3.37. The normalized spacial score (nSPS) is 9.31. The van der Waals surface area contributed by atoms with Gasteiger partial charge in [0.1, 0.15) is 6.07 Å². The molecule has 1 amide bonds. The van der Waals surface area contributed by atoms with Gasteiger partial charge in [0.25, 0.3) is 0 Å². The lowest BCUT2D eigenvalue weighted by Gasteiger charge is -2.12. The Morgan fingerprint density at radius 1 is 1.69 bits per heavy atom. The monoisotopic (exact) mass is 219 g/mol. The second-order valence-corrected chi connectivity index (χ2v) is 3.37. The molecule has 0 unspecified atom stereocenters. The fourth-order valence-corrected chi connectivity index (χ4v) is 1.03. The van der Waals surface area contributed by atoms with E-state index in [0.717, 1.165) is 0 Å². The number of likely N-dealkylation sites (N-methyl/N-ethyl adjacent to an activating group) is 1. The van der Waals surface area contributed by atoms with Crippen molar-refractivity contribution in [1.82, 2.24) is 9.88 Å². The van der Waals surface area contributed by atoms with Gasteiger partial charge in [-0.1, -0.05) is 0 Å². The number of nitrogens with zero attached hydrogens (tertiary/aromatic N) is 3. The van der Waals surface area contributed by atoms with Gasteiger partial charge >= 0.3 is 0 Å². The third kappa shape index (κ3) is 2.60. The number of hydrogen-bond donors (Lipinski definition) is 2. The summed E-state index contributed by atoms with van der Waals surface area (Å²) >= 11 is 0. The van der Waals surface area contributed by atoms with E-state index in [2.05, 4.69) is 10.3 Å². The van der Waals surface area contributed by atoms with Crippen molar-refractivity contribution in [2.75, 3.05) is 31.7 Å². The molecule has 0 atom stereocenters. The Bertz CT molecular complexity index is 435. The van der Waals surface area contributed by atoms with Gasteiger partial charge < -0.3 is 16.0 Å². The summed E-state index contributed by atoms with van der Waals surface area (Å²) in [6.07, 6.45) is 1.47. The molecule has 84 valence electrons. The highest BCUT2D eigenvalue weighted by Gasteiger charge is 2.08. The van der Waals surface area contributed by atoms with E-state index < -0.39 is 0 Å². The summed E-state index contributed by atoms with van der Waals surface area (Å²) in [5, 5.41) is 11.5. The van der Waals surface area contributed by atoms with Crippen LogP contribution < -0.4 is 11.1 Å². The minimum atomic E-state index is -0.0939. The molecule has 0 saturated carbocycles. The van der Waals surface area contributed by atoms with Crippen LogP contribution in [0.4, 0.5) is 11.5 Å². The molecule has 0 aliphatic heterocycles. The van der Waals surface area contributed by atoms with Crippen LogP contribution in [0.1, 0.15) is 5.56 Å². The number of aromatic nitrogens is 1. The molecule has 0 aliphatic carbocycles. The van der Waals surface area contributed by atoms with Gasteiger partial charge in [-0.05, 0) is 6.07 Å². The molecule has 1 aromatic rings. The fraction of sp³-hybridized carbons (Fsp3) is 0.300. The Balaban J connectivity index is 2.76. The zero-order valence-electron chi connectivity index (χ0n) is 9.19. The summed E-state index contributed by atoms with van der Waals surface area (Å²) < 4.78 is 0. The van der Waals surface area contributed by atoms with Crippen molar-refractivity contribution in [3.05, 3.63) is 17.8 Å². The van der Waals surface area contributed by atoms with Gasteiger partial charge in [-0.3, -0.25) is 4.79 Å². The number of rotatable bonds is 3. The number of nitrogen functional groups attached to an aromatic ring is 1. The van der Waals surface area contributed by atoms with Gasteiger partial charge in [-0.15, -0.1) is 0 Å². The zero-order valence-corrected chi connectivity index (χ0v) is 9.19. The molecule has 0 saturated heterocycles. The van der Waals surface area contributed by atoms with Crippen molar-refractivity contribution in [3.8, 4) is 6.07 Å². The average Bonchev–Trinajstić information content (AvgIpc) is 2.27. The maximum absolute atomic E-state index is 11.3. The van der Waals surface area contributed by atoms with Gasteiger partial charge in [0.05, 0.1) is 17.8 Å². The van der Waals surface area contributed by atoms with Gasteiger partial charge in [-0.2, -0.15) is 5.26 Å².